The summed E-state index contributed by atoms with van der Waals surface area (Å²) >= 11 is 0. The number of nitrogens with zero attached hydrogens (tertiary/aromatic N) is 6. The van der Waals surface area contributed by atoms with E-state index in [-0.39, 0.29) is 55.7 Å². The standard InChI is InChI=1S/C26H29F2N7O4/c1-32-9-7-29-22(37)14-39-20-6-5-15(27)10-17(20)26(38)34-8-3-2-4-19(34)18-11-21-30-24(33-12-16(36)13-33)23(28)25(32)35(21)31-18/h5-6,10-11,16,19,36H,2-4,7-9,12-14H2,1H3,(H,29,37). The molecule has 1 unspecified atom stereocenters. The van der Waals surface area contributed by atoms with Crippen molar-refractivity contribution in [3.05, 3.63) is 47.2 Å². The number of rotatable bonds is 1. The Morgan fingerprint density at radius 1 is 1.13 bits per heavy atom. The number of aliphatic hydroxyl groups excluding tert-OH is 1. The van der Waals surface area contributed by atoms with Gasteiger partial charge < -0.3 is 29.9 Å². The number of fused-ring (bicyclic) bond motifs is 4. The predicted molar refractivity (Wildman–Crippen MR) is 137 cm³/mol. The lowest BCUT2D eigenvalue weighted by atomic mass is 9.98. The van der Waals surface area contributed by atoms with Crippen LogP contribution in [0.3, 0.4) is 0 Å². The van der Waals surface area contributed by atoms with E-state index in [0.717, 1.165) is 18.9 Å². The molecule has 2 amide bonds. The minimum Gasteiger partial charge on any atom is -0.483 e. The van der Waals surface area contributed by atoms with Crippen molar-refractivity contribution in [1.82, 2.24) is 24.8 Å². The molecule has 206 valence electrons. The van der Waals surface area contributed by atoms with Crippen molar-refractivity contribution in [2.45, 2.75) is 31.4 Å². The Labute approximate surface area is 222 Å². The molecule has 1 aromatic carbocycles. The molecule has 0 radical (unpaired) electrons. The van der Waals surface area contributed by atoms with Gasteiger partial charge in [-0.3, -0.25) is 9.59 Å². The van der Waals surface area contributed by atoms with Crippen LogP contribution in [-0.2, 0) is 4.79 Å². The number of nitrogens with one attached hydrogen (secondary N) is 1. The van der Waals surface area contributed by atoms with Crippen molar-refractivity contribution < 1.29 is 28.2 Å². The summed E-state index contributed by atoms with van der Waals surface area (Å²) in [7, 11) is 1.70. The van der Waals surface area contributed by atoms with Crippen LogP contribution in [0.4, 0.5) is 20.4 Å². The Kier molecular flexibility index (Phi) is 6.45. The Morgan fingerprint density at radius 3 is 2.74 bits per heavy atom. The number of amides is 2. The number of piperidine rings is 1. The van der Waals surface area contributed by atoms with E-state index < -0.39 is 35.6 Å². The summed E-state index contributed by atoms with van der Waals surface area (Å²) in [5.41, 5.74) is 0.962. The molecule has 3 aliphatic rings. The summed E-state index contributed by atoms with van der Waals surface area (Å²) in [6.45, 7) is 1.02. The van der Waals surface area contributed by atoms with Crippen molar-refractivity contribution in [2.75, 3.05) is 56.2 Å². The lowest BCUT2D eigenvalue weighted by Gasteiger charge is -2.37. The molecular weight excluding hydrogens is 512 g/mol. The van der Waals surface area contributed by atoms with E-state index in [0.29, 0.717) is 24.3 Å². The smallest absolute Gasteiger partial charge is 0.258 e. The zero-order valence-electron chi connectivity index (χ0n) is 21.4. The summed E-state index contributed by atoms with van der Waals surface area (Å²) in [4.78, 5) is 35.7. The molecule has 0 saturated carbocycles. The highest BCUT2D eigenvalue weighted by molar-refractivity contribution is 5.97. The maximum Gasteiger partial charge on any atom is 0.258 e. The number of halogens is 2. The molecule has 3 aliphatic heterocycles. The Hall–Kier alpha value is -4.00. The van der Waals surface area contributed by atoms with E-state index in [2.05, 4.69) is 10.3 Å². The van der Waals surface area contributed by atoms with Crippen LogP contribution >= 0.6 is 0 Å². The van der Waals surface area contributed by atoms with E-state index >= 15 is 4.39 Å². The predicted octanol–water partition coefficient (Wildman–Crippen LogP) is 1.50. The second kappa shape index (κ2) is 9.95. The van der Waals surface area contributed by atoms with Crippen LogP contribution in [0, 0.1) is 11.6 Å². The average molecular weight is 542 g/mol. The van der Waals surface area contributed by atoms with E-state index in [4.69, 9.17) is 9.84 Å². The first-order chi connectivity index (χ1) is 18.8. The number of likely N-dealkylation sites (N-methyl/N-ethyl adjacent to an activating group) is 1. The number of benzene rings is 1. The number of hydrogen-bond acceptors (Lipinski definition) is 8. The van der Waals surface area contributed by atoms with Crippen LogP contribution in [0.5, 0.6) is 5.75 Å². The van der Waals surface area contributed by atoms with Crippen molar-refractivity contribution in [2.24, 2.45) is 0 Å². The molecular formula is C26H29F2N7O4. The van der Waals surface area contributed by atoms with Gasteiger partial charge in [0, 0.05) is 45.8 Å². The maximum atomic E-state index is 15.9. The quantitative estimate of drug-likeness (QED) is 0.477. The van der Waals surface area contributed by atoms with Crippen LogP contribution in [0.1, 0.15) is 41.4 Å². The van der Waals surface area contributed by atoms with Gasteiger partial charge in [0.05, 0.1) is 23.4 Å². The van der Waals surface area contributed by atoms with Gasteiger partial charge in [-0.1, -0.05) is 0 Å². The van der Waals surface area contributed by atoms with Gasteiger partial charge in [0.2, 0.25) is 5.82 Å². The Morgan fingerprint density at radius 2 is 1.95 bits per heavy atom. The first-order valence-corrected chi connectivity index (χ1v) is 13.0. The largest absolute Gasteiger partial charge is 0.483 e. The minimum absolute atomic E-state index is 0.0220. The molecule has 39 heavy (non-hydrogen) atoms. The third-order valence-corrected chi connectivity index (χ3v) is 7.45. The third-order valence-electron chi connectivity index (χ3n) is 7.45. The summed E-state index contributed by atoms with van der Waals surface area (Å²) in [5, 5.41) is 17.2. The van der Waals surface area contributed by atoms with Crippen LogP contribution in [0.25, 0.3) is 5.65 Å². The molecule has 6 rings (SSSR count). The molecule has 0 aliphatic carbocycles. The van der Waals surface area contributed by atoms with Gasteiger partial charge in [0.15, 0.2) is 23.9 Å². The second-order valence-corrected chi connectivity index (χ2v) is 10.2. The SMILES string of the molecule is CN1CCNC(=O)COc2ccc(F)cc2C(=O)N2CCCCC2c2cc3nc(N4CC(O)C4)c(F)c1n3n2. The fourth-order valence-corrected chi connectivity index (χ4v) is 5.40. The first-order valence-electron chi connectivity index (χ1n) is 13.0. The topological polar surface area (TPSA) is 116 Å². The molecule has 3 aromatic rings. The minimum atomic E-state index is -0.596. The van der Waals surface area contributed by atoms with Crippen LogP contribution < -0.4 is 19.9 Å². The van der Waals surface area contributed by atoms with Gasteiger partial charge in [0.25, 0.3) is 11.8 Å². The Balaban J connectivity index is 1.49. The van der Waals surface area contributed by atoms with E-state index in [1.807, 2.05) is 0 Å². The number of carbonyl (C=O) groups is 2. The molecule has 0 spiro atoms. The average Bonchev–Trinajstić information content (AvgIpc) is 3.32. The van der Waals surface area contributed by atoms with Crippen LogP contribution in [0.15, 0.2) is 24.3 Å². The third kappa shape index (κ3) is 4.60. The molecule has 2 saturated heterocycles. The van der Waals surface area contributed by atoms with Gasteiger partial charge in [-0.05, 0) is 37.5 Å². The lowest BCUT2D eigenvalue weighted by Crippen LogP contribution is -2.51. The normalized spacial score (nSPS) is 20.9. The second-order valence-electron chi connectivity index (χ2n) is 10.2. The number of β-amino-alcohol motifs (C(OH)–C–C–N with tert-alkyl or cyclic N) is 1. The van der Waals surface area contributed by atoms with E-state index in [1.54, 1.807) is 27.8 Å². The van der Waals surface area contributed by atoms with Crippen molar-refractivity contribution >= 4 is 29.1 Å². The van der Waals surface area contributed by atoms with E-state index in [1.165, 1.54) is 16.6 Å². The van der Waals surface area contributed by atoms with Crippen molar-refractivity contribution in [3.63, 3.8) is 0 Å². The van der Waals surface area contributed by atoms with Crippen LogP contribution in [-0.4, -0.2) is 88.9 Å². The molecule has 13 heteroatoms. The molecule has 1 atom stereocenters. The molecule has 2 fully saturated rings. The number of hydrogen-bond donors (Lipinski definition) is 2. The highest BCUT2D eigenvalue weighted by Gasteiger charge is 2.35. The van der Waals surface area contributed by atoms with Crippen molar-refractivity contribution in [1.29, 1.82) is 0 Å². The summed E-state index contributed by atoms with van der Waals surface area (Å²) in [6.07, 6.45) is 1.67. The lowest BCUT2D eigenvalue weighted by molar-refractivity contribution is -0.123. The highest BCUT2D eigenvalue weighted by Crippen LogP contribution is 2.36. The number of anilines is 2. The number of carbonyl (C=O) groups excluding carboxylic acids is 2. The zero-order valence-corrected chi connectivity index (χ0v) is 21.4. The first kappa shape index (κ1) is 25.3. The van der Waals surface area contributed by atoms with Gasteiger partial charge in [-0.15, -0.1) is 0 Å². The number of aromatic nitrogens is 3. The van der Waals surface area contributed by atoms with Crippen molar-refractivity contribution in [3.8, 4) is 5.75 Å². The van der Waals surface area contributed by atoms with E-state index in [9.17, 15) is 19.1 Å². The van der Waals surface area contributed by atoms with Gasteiger partial charge >= 0.3 is 0 Å². The molecule has 2 bridgehead atoms. The summed E-state index contributed by atoms with van der Waals surface area (Å²) in [6, 6.07) is 4.95. The number of ether oxygens (including phenoxy) is 1. The number of aliphatic hydroxyl groups is 1. The molecule has 2 aromatic heterocycles. The summed E-state index contributed by atoms with van der Waals surface area (Å²) in [5.74, 6) is -1.69. The maximum absolute atomic E-state index is 15.9. The fraction of sp³-hybridized carbons (Fsp3) is 0.462. The highest BCUT2D eigenvalue weighted by atomic mass is 19.1. The molecule has 11 nitrogen and oxygen atoms in total. The monoisotopic (exact) mass is 541 g/mol. The molecule has 5 heterocycles. The zero-order chi connectivity index (χ0) is 27.3. The fourth-order valence-electron chi connectivity index (χ4n) is 5.40. The molecule has 2 N–H and O–H groups in total. The van der Waals surface area contributed by atoms with Gasteiger partial charge in [-0.25, -0.2) is 9.37 Å². The Bertz CT molecular complexity index is 1440. The summed E-state index contributed by atoms with van der Waals surface area (Å²) < 4.78 is 37.3. The van der Waals surface area contributed by atoms with Crippen LogP contribution in [0.2, 0.25) is 0 Å². The van der Waals surface area contributed by atoms with Gasteiger partial charge in [-0.2, -0.15) is 14.0 Å². The van der Waals surface area contributed by atoms with Gasteiger partial charge in [0.1, 0.15) is 11.6 Å².